The van der Waals surface area contributed by atoms with Crippen LogP contribution >= 0.6 is 0 Å². The van der Waals surface area contributed by atoms with Crippen LogP contribution in [0.3, 0.4) is 0 Å². The maximum atomic E-state index is 12.1. The van der Waals surface area contributed by atoms with Crippen LogP contribution in [0.15, 0.2) is 18.2 Å². The van der Waals surface area contributed by atoms with E-state index < -0.39 is 5.97 Å². The van der Waals surface area contributed by atoms with Gasteiger partial charge >= 0.3 is 5.97 Å². The van der Waals surface area contributed by atoms with Crippen molar-refractivity contribution in [2.45, 2.75) is 32.1 Å². The molecule has 1 aromatic heterocycles. The van der Waals surface area contributed by atoms with Crippen LogP contribution in [0.2, 0.25) is 0 Å². The lowest BCUT2D eigenvalue weighted by atomic mass is 9.79. The summed E-state index contributed by atoms with van der Waals surface area (Å²) >= 11 is 0. The summed E-state index contributed by atoms with van der Waals surface area (Å²) in [7, 11) is 3.14. The average molecular weight is 315 g/mol. The molecule has 0 atom stereocenters. The summed E-state index contributed by atoms with van der Waals surface area (Å²) in [5.74, 6) is 1.14. The highest BCUT2D eigenvalue weighted by molar-refractivity contribution is 5.98. The third kappa shape index (κ3) is 2.83. The van der Waals surface area contributed by atoms with Crippen molar-refractivity contribution in [3.8, 4) is 11.6 Å². The smallest absolute Gasteiger partial charge is 0.343 e. The summed E-state index contributed by atoms with van der Waals surface area (Å²) in [5, 5.41) is 0.791. The monoisotopic (exact) mass is 315 g/mol. The van der Waals surface area contributed by atoms with E-state index in [0.717, 1.165) is 16.7 Å². The van der Waals surface area contributed by atoms with Crippen LogP contribution in [0.4, 0.5) is 0 Å². The van der Waals surface area contributed by atoms with Crippen molar-refractivity contribution in [3.63, 3.8) is 0 Å². The standard InChI is InChI=1S/C18H21NO4/c1-4-23-18(20)14-10-13-15(19-17(14)22-3)8-12(9-16(13)21-2)11-6-5-7-11/h8-11H,4-7H2,1-3H3. The Bertz CT molecular complexity index is 737. The molecule has 0 N–H and O–H groups in total. The fraction of sp³-hybridized carbons (Fsp3) is 0.444. The first-order valence-electron chi connectivity index (χ1n) is 7.91. The Morgan fingerprint density at radius 3 is 2.57 bits per heavy atom. The maximum Gasteiger partial charge on any atom is 0.343 e. The van der Waals surface area contributed by atoms with Gasteiger partial charge in [0, 0.05) is 5.39 Å². The molecule has 0 bridgehead atoms. The molecule has 0 amide bonds. The molecule has 1 aromatic carbocycles. The van der Waals surface area contributed by atoms with Gasteiger partial charge in [-0.1, -0.05) is 6.42 Å². The number of nitrogens with zero attached hydrogens (tertiary/aromatic N) is 1. The van der Waals surface area contributed by atoms with E-state index in [0.29, 0.717) is 18.1 Å². The molecule has 122 valence electrons. The van der Waals surface area contributed by atoms with Gasteiger partial charge in [0.1, 0.15) is 11.3 Å². The minimum Gasteiger partial charge on any atom is -0.496 e. The Morgan fingerprint density at radius 1 is 1.22 bits per heavy atom. The van der Waals surface area contributed by atoms with Gasteiger partial charge in [-0.25, -0.2) is 9.78 Å². The number of ether oxygens (including phenoxy) is 3. The highest BCUT2D eigenvalue weighted by Gasteiger charge is 2.23. The summed E-state index contributed by atoms with van der Waals surface area (Å²) in [6.45, 7) is 2.07. The first kappa shape index (κ1) is 15.6. The van der Waals surface area contributed by atoms with Gasteiger partial charge in [0.15, 0.2) is 0 Å². The van der Waals surface area contributed by atoms with Gasteiger partial charge in [0.2, 0.25) is 5.88 Å². The minimum atomic E-state index is -0.441. The second-order valence-electron chi connectivity index (χ2n) is 5.68. The molecular weight excluding hydrogens is 294 g/mol. The van der Waals surface area contributed by atoms with Crippen LogP contribution in [0.1, 0.15) is 48.0 Å². The van der Waals surface area contributed by atoms with E-state index in [-0.39, 0.29) is 5.88 Å². The number of benzene rings is 1. The fourth-order valence-corrected chi connectivity index (χ4v) is 2.90. The molecule has 1 aliphatic rings. The van der Waals surface area contributed by atoms with Gasteiger partial charge in [-0.3, -0.25) is 0 Å². The van der Waals surface area contributed by atoms with Crippen molar-refractivity contribution in [2.24, 2.45) is 0 Å². The van der Waals surface area contributed by atoms with Crippen molar-refractivity contribution in [1.29, 1.82) is 0 Å². The normalized spacial score (nSPS) is 14.4. The zero-order chi connectivity index (χ0) is 16.4. The number of esters is 1. The van der Waals surface area contributed by atoms with Gasteiger partial charge < -0.3 is 14.2 Å². The van der Waals surface area contributed by atoms with Crippen LogP contribution < -0.4 is 9.47 Å². The van der Waals surface area contributed by atoms with E-state index in [9.17, 15) is 4.79 Å². The van der Waals surface area contributed by atoms with Crippen LogP contribution in [-0.2, 0) is 4.74 Å². The Balaban J connectivity index is 2.15. The number of carbonyl (C=O) groups is 1. The Labute approximate surface area is 135 Å². The summed E-state index contributed by atoms with van der Waals surface area (Å²) < 4.78 is 15.9. The highest BCUT2D eigenvalue weighted by atomic mass is 16.5. The molecule has 5 nitrogen and oxygen atoms in total. The second kappa shape index (κ2) is 6.44. The first-order valence-corrected chi connectivity index (χ1v) is 7.91. The summed E-state index contributed by atoms with van der Waals surface area (Å²) in [6.07, 6.45) is 3.67. The molecular formula is C18H21NO4. The zero-order valence-corrected chi connectivity index (χ0v) is 13.7. The number of rotatable bonds is 5. The van der Waals surface area contributed by atoms with E-state index in [1.807, 2.05) is 0 Å². The SMILES string of the molecule is CCOC(=O)c1cc2c(OC)cc(C3CCC3)cc2nc1OC. The van der Waals surface area contributed by atoms with Crippen LogP contribution in [-0.4, -0.2) is 31.8 Å². The van der Waals surface area contributed by atoms with Crippen LogP contribution in [0.25, 0.3) is 10.9 Å². The zero-order valence-electron chi connectivity index (χ0n) is 13.7. The fourth-order valence-electron chi connectivity index (χ4n) is 2.90. The largest absolute Gasteiger partial charge is 0.496 e. The molecule has 0 radical (unpaired) electrons. The minimum absolute atomic E-state index is 0.281. The molecule has 23 heavy (non-hydrogen) atoms. The number of hydrogen-bond donors (Lipinski definition) is 0. The number of fused-ring (bicyclic) bond motifs is 1. The number of carbonyl (C=O) groups excluding carboxylic acids is 1. The Kier molecular flexibility index (Phi) is 4.37. The number of methoxy groups -OCH3 is 2. The molecule has 0 unspecified atom stereocenters. The second-order valence-corrected chi connectivity index (χ2v) is 5.68. The van der Waals surface area contributed by atoms with Crippen molar-refractivity contribution >= 4 is 16.9 Å². The molecule has 0 spiro atoms. The summed E-state index contributed by atoms with van der Waals surface area (Å²) in [6, 6.07) is 5.86. The highest BCUT2D eigenvalue weighted by Crippen LogP contribution is 2.40. The van der Waals surface area contributed by atoms with Crippen molar-refractivity contribution in [1.82, 2.24) is 4.98 Å². The van der Waals surface area contributed by atoms with E-state index in [2.05, 4.69) is 17.1 Å². The number of pyridine rings is 1. The van der Waals surface area contributed by atoms with Gasteiger partial charge in [-0.05, 0) is 49.4 Å². The molecule has 1 aliphatic carbocycles. The molecule has 1 fully saturated rings. The molecule has 3 rings (SSSR count). The Hall–Kier alpha value is -2.30. The van der Waals surface area contributed by atoms with Gasteiger partial charge in [0.25, 0.3) is 0 Å². The van der Waals surface area contributed by atoms with Gasteiger partial charge in [-0.15, -0.1) is 0 Å². The average Bonchev–Trinajstić information content (AvgIpc) is 2.51. The predicted molar refractivity (Wildman–Crippen MR) is 87.4 cm³/mol. The van der Waals surface area contributed by atoms with Crippen LogP contribution in [0.5, 0.6) is 11.6 Å². The Morgan fingerprint density at radius 2 is 2.00 bits per heavy atom. The maximum absolute atomic E-state index is 12.1. The lowest BCUT2D eigenvalue weighted by Gasteiger charge is -2.26. The third-order valence-corrected chi connectivity index (χ3v) is 4.37. The van der Waals surface area contributed by atoms with E-state index in [4.69, 9.17) is 14.2 Å². The van der Waals surface area contributed by atoms with Crippen LogP contribution in [0, 0.1) is 0 Å². The molecule has 0 aliphatic heterocycles. The van der Waals surface area contributed by atoms with Crippen molar-refractivity contribution < 1.29 is 19.0 Å². The predicted octanol–water partition coefficient (Wildman–Crippen LogP) is 3.70. The third-order valence-electron chi connectivity index (χ3n) is 4.37. The molecule has 1 saturated carbocycles. The van der Waals surface area contributed by atoms with E-state index >= 15 is 0 Å². The molecule has 1 heterocycles. The molecule has 0 saturated heterocycles. The van der Waals surface area contributed by atoms with Gasteiger partial charge in [-0.2, -0.15) is 0 Å². The van der Waals surface area contributed by atoms with E-state index in [1.165, 1.54) is 31.9 Å². The number of hydrogen-bond acceptors (Lipinski definition) is 5. The summed E-state index contributed by atoms with van der Waals surface area (Å²) in [5.41, 5.74) is 2.33. The lowest BCUT2D eigenvalue weighted by Crippen LogP contribution is -2.10. The number of aromatic nitrogens is 1. The lowest BCUT2D eigenvalue weighted by molar-refractivity contribution is 0.0522. The van der Waals surface area contributed by atoms with Crippen molar-refractivity contribution in [3.05, 3.63) is 29.3 Å². The molecule has 2 aromatic rings. The van der Waals surface area contributed by atoms with Gasteiger partial charge in [0.05, 0.1) is 26.3 Å². The van der Waals surface area contributed by atoms with E-state index in [1.54, 1.807) is 20.1 Å². The topological polar surface area (TPSA) is 57.7 Å². The first-order chi connectivity index (χ1) is 11.2. The quantitative estimate of drug-likeness (QED) is 0.788. The summed E-state index contributed by atoms with van der Waals surface area (Å²) in [4.78, 5) is 16.6. The van der Waals surface area contributed by atoms with Crippen molar-refractivity contribution in [2.75, 3.05) is 20.8 Å². The molecule has 5 heteroatoms.